The summed E-state index contributed by atoms with van der Waals surface area (Å²) in [5, 5.41) is 2.83. The molecule has 0 bridgehead atoms. The number of rotatable bonds is 6. The van der Waals surface area contributed by atoms with E-state index in [0.717, 1.165) is 11.1 Å². The average molecular weight is 347 g/mol. The van der Waals surface area contributed by atoms with E-state index in [4.69, 9.17) is 9.47 Å². The molecule has 0 heterocycles. The van der Waals surface area contributed by atoms with Gasteiger partial charge >= 0.3 is 0 Å². The maximum absolute atomic E-state index is 12.4. The summed E-state index contributed by atoms with van der Waals surface area (Å²) >= 11 is 0. The van der Waals surface area contributed by atoms with Crippen LogP contribution in [0.15, 0.2) is 78.9 Å². The van der Waals surface area contributed by atoms with Gasteiger partial charge in [0.15, 0.2) is 6.10 Å². The lowest BCUT2D eigenvalue weighted by Gasteiger charge is -2.16. The molecule has 0 aromatic heterocycles. The van der Waals surface area contributed by atoms with Gasteiger partial charge in [-0.3, -0.25) is 4.79 Å². The highest BCUT2D eigenvalue weighted by Gasteiger charge is 2.16. The SMILES string of the molecule is COc1ccccc1NC(=O)[C@@H](C)Oc1ccc(-c2ccccc2)cc1. The van der Waals surface area contributed by atoms with Crippen molar-refractivity contribution < 1.29 is 14.3 Å². The lowest BCUT2D eigenvalue weighted by molar-refractivity contribution is -0.122. The molecule has 0 saturated carbocycles. The van der Waals surface area contributed by atoms with Crippen LogP contribution in [-0.2, 0) is 4.79 Å². The van der Waals surface area contributed by atoms with E-state index >= 15 is 0 Å². The second-order valence-electron chi connectivity index (χ2n) is 5.84. The molecule has 26 heavy (non-hydrogen) atoms. The Morgan fingerprint density at radius 1 is 0.846 bits per heavy atom. The first kappa shape index (κ1) is 17.5. The summed E-state index contributed by atoms with van der Waals surface area (Å²) in [6, 6.07) is 25.1. The smallest absolute Gasteiger partial charge is 0.265 e. The standard InChI is InChI=1S/C22H21NO3/c1-16(22(24)23-20-10-6-7-11-21(20)25-2)26-19-14-12-18(13-15-19)17-8-4-3-5-9-17/h3-16H,1-2H3,(H,23,24)/t16-/m1/s1. The quantitative estimate of drug-likeness (QED) is 0.699. The molecule has 0 radical (unpaired) electrons. The van der Waals surface area contributed by atoms with Crippen molar-refractivity contribution in [1.29, 1.82) is 0 Å². The molecule has 0 unspecified atom stereocenters. The molecule has 0 spiro atoms. The fraction of sp³-hybridized carbons (Fsp3) is 0.136. The van der Waals surface area contributed by atoms with E-state index in [1.165, 1.54) is 0 Å². The molecule has 0 fully saturated rings. The van der Waals surface area contributed by atoms with E-state index in [1.54, 1.807) is 26.2 Å². The van der Waals surface area contributed by atoms with Crippen LogP contribution in [0.4, 0.5) is 5.69 Å². The molecule has 3 aromatic rings. The van der Waals surface area contributed by atoms with Gasteiger partial charge in [-0.25, -0.2) is 0 Å². The molecule has 132 valence electrons. The number of ether oxygens (including phenoxy) is 2. The third kappa shape index (κ3) is 4.22. The van der Waals surface area contributed by atoms with Crippen LogP contribution in [0.25, 0.3) is 11.1 Å². The highest BCUT2D eigenvalue weighted by Crippen LogP contribution is 2.25. The highest BCUT2D eigenvalue weighted by atomic mass is 16.5. The van der Waals surface area contributed by atoms with E-state index in [-0.39, 0.29) is 5.91 Å². The second-order valence-corrected chi connectivity index (χ2v) is 5.84. The van der Waals surface area contributed by atoms with Crippen LogP contribution in [0.3, 0.4) is 0 Å². The molecular weight excluding hydrogens is 326 g/mol. The average Bonchev–Trinajstić information content (AvgIpc) is 2.69. The Balaban J connectivity index is 1.64. The Bertz CT molecular complexity index is 860. The third-order valence-corrected chi connectivity index (χ3v) is 4.01. The number of anilines is 1. The Labute approximate surface area is 153 Å². The van der Waals surface area contributed by atoms with Gasteiger partial charge < -0.3 is 14.8 Å². The van der Waals surface area contributed by atoms with Gasteiger partial charge in [-0.15, -0.1) is 0 Å². The number of hydrogen-bond donors (Lipinski definition) is 1. The number of amides is 1. The van der Waals surface area contributed by atoms with Crippen LogP contribution in [-0.4, -0.2) is 19.1 Å². The molecule has 0 aliphatic rings. The van der Waals surface area contributed by atoms with Gasteiger partial charge in [0.2, 0.25) is 0 Å². The summed E-state index contributed by atoms with van der Waals surface area (Å²) in [5.41, 5.74) is 2.86. The number of carbonyl (C=O) groups is 1. The number of benzene rings is 3. The van der Waals surface area contributed by atoms with Crippen LogP contribution in [0.5, 0.6) is 11.5 Å². The summed E-state index contributed by atoms with van der Waals surface area (Å²) in [6.45, 7) is 1.72. The first-order chi connectivity index (χ1) is 12.7. The van der Waals surface area contributed by atoms with Crippen LogP contribution in [0.2, 0.25) is 0 Å². The van der Waals surface area contributed by atoms with Gasteiger partial charge in [-0.1, -0.05) is 54.6 Å². The van der Waals surface area contributed by atoms with Gasteiger partial charge in [0.05, 0.1) is 12.8 Å². The summed E-state index contributed by atoms with van der Waals surface area (Å²) < 4.78 is 11.0. The molecule has 4 nitrogen and oxygen atoms in total. The predicted molar refractivity (Wildman–Crippen MR) is 104 cm³/mol. The van der Waals surface area contributed by atoms with Gasteiger partial charge in [-0.2, -0.15) is 0 Å². The Morgan fingerprint density at radius 3 is 2.15 bits per heavy atom. The number of hydrogen-bond acceptors (Lipinski definition) is 3. The van der Waals surface area contributed by atoms with Crippen molar-refractivity contribution in [3.8, 4) is 22.6 Å². The molecule has 1 N–H and O–H groups in total. The van der Waals surface area contributed by atoms with Gasteiger partial charge in [0.25, 0.3) is 5.91 Å². The Morgan fingerprint density at radius 2 is 1.46 bits per heavy atom. The van der Waals surface area contributed by atoms with Crippen molar-refractivity contribution in [2.75, 3.05) is 12.4 Å². The lowest BCUT2D eigenvalue weighted by Crippen LogP contribution is -2.30. The summed E-state index contributed by atoms with van der Waals surface area (Å²) in [7, 11) is 1.57. The zero-order valence-electron chi connectivity index (χ0n) is 14.8. The molecule has 1 amide bonds. The topological polar surface area (TPSA) is 47.6 Å². The largest absolute Gasteiger partial charge is 0.495 e. The predicted octanol–water partition coefficient (Wildman–Crippen LogP) is 4.77. The lowest BCUT2D eigenvalue weighted by atomic mass is 10.1. The summed E-state index contributed by atoms with van der Waals surface area (Å²) in [4.78, 5) is 12.4. The molecule has 3 rings (SSSR count). The number of nitrogens with one attached hydrogen (secondary N) is 1. The van der Waals surface area contributed by atoms with Crippen molar-refractivity contribution in [2.24, 2.45) is 0 Å². The molecule has 0 aliphatic carbocycles. The van der Waals surface area contributed by atoms with Crippen molar-refractivity contribution in [3.63, 3.8) is 0 Å². The normalized spacial score (nSPS) is 11.5. The molecule has 3 aromatic carbocycles. The Kier molecular flexibility index (Phi) is 5.54. The Hall–Kier alpha value is -3.27. The van der Waals surface area contributed by atoms with Crippen molar-refractivity contribution in [1.82, 2.24) is 0 Å². The van der Waals surface area contributed by atoms with Crippen LogP contribution < -0.4 is 14.8 Å². The summed E-state index contributed by atoms with van der Waals surface area (Å²) in [6.07, 6.45) is -0.637. The van der Waals surface area contributed by atoms with E-state index in [0.29, 0.717) is 17.2 Å². The monoisotopic (exact) mass is 347 g/mol. The van der Waals surface area contributed by atoms with Crippen LogP contribution >= 0.6 is 0 Å². The molecule has 1 atom stereocenters. The first-order valence-corrected chi connectivity index (χ1v) is 8.43. The zero-order valence-corrected chi connectivity index (χ0v) is 14.8. The zero-order chi connectivity index (χ0) is 18.4. The minimum atomic E-state index is -0.637. The fourth-order valence-corrected chi connectivity index (χ4v) is 2.60. The number of methoxy groups -OCH3 is 1. The minimum absolute atomic E-state index is 0.235. The van der Waals surface area contributed by atoms with Crippen LogP contribution in [0, 0.1) is 0 Å². The van der Waals surface area contributed by atoms with E-state index in [2.05, 4.69) is 17.4 Å². The van der Waals surface area contributed by atoms with E-state index in [1.807, 2.05) is 54.6 Å². The van der Waals surface area contributed by atoms with Gasteiger partial charge in [0.1, 0.15) is 11.5 Å². The fourth-order valence-electron chi connectivity index (χ4n) is 2.60. The van der Waals surface area contributed by atoms with E-state index in [9.17, 15) is 4.79 Å². The van der Waals surface area contributed by atoms with Crippen molar-refractivity contribution in [2.45, 2.75) is 13.0 Å². The first-order valence-electron chi connectivity index (χ1n) is 8.43. The second kappa shape index (κ2) is 8.21. The van der Waals surface area contributed by atoms with Crippen molar-refractivity contribution >= 4 is 11.6 Å². The highest BCUT2D eigenvalue weighted by molar-refractivity contribution is 5.95. The molecule has 0 saturated heterocycles. The molecular formula is C22H21NO3. The minimum Gasteiger partial charge on any atom is -0.495 e. The molecule has 4 heteroatoms. The molecule has 0 aliphatic heterocycles. The van der Waals surface area contributed by atoms with Crippen molar-refractivity contribution in [3.05, 3.63) is 78.9 Å². The maximum Gasteiger partial charge on any atom is 0.265 e. The maximum atomic E-state index is 12.4. The van der Waals surface area contributed by atoms with Gasteiger partial charge in [-0.05, 0) is 42.3 Å². The van der Waals surface area contributed by atoms with E-state index < -0.39 is 6.10 Å². The summed E-state index contributed by atoms with van der Waals surface area (Å²) in [5.74, 6) is 1.02. The number of para-hydroxylation sites is 2. The third-order valence-electron chi connectivity index (χ3n) is 4.01. The number of carbonyl (C=O) groups excluding carboxylic acids is 1. The van der Waals surface area contributed by atoms with Gasteiger partial charge in [0, 0.05) is 0 Å². The van der Waals surface area contributed by atoms with Crippen LogP contribution in [0.1, 0.15) is 6.92 Å².